The van der Waals surface area contributed by atoms with Crippen LogP contribution < -0.4 is 20.1 Å². The van der Waals surface area contributed by atoms with E-state index < -0.39 is 26.3 Å². The van der Waals surface area contributed by atoms with Crippen molar-refractivity contribution in [3.05, 3.63) is 427 Å². The first-order valence-corrected chi connectivity index (χ1v) is 54.7. The second-order valence-corrected chi connectivity index (χ2v) is 49.0. The minimum Gasteiger partial charge on any atom is -0.464 e. The first kappa shape index (κ1) is 99.9. The summed E-state index contributed by atoms with van der Waals surface area (Å²) in [7, 11) is -0.835. The van der Waals surface area contributed by atoms with Crippen LogP contribution >= 0.6 is 69.7 Å². The molecule has 127 heavy (non-hydrogen) atoms. The second kappa shape index (κ2) is 54.3. The van der Waals surface area contributed by atoms with Crippen LogP contribution in [0.4, 0.5) is 0 Å². The summed E-state index contributed by atoms with van der Waals surface area (Å²) in [5.41, 5.74) is 12.2. The van der Waals surface area contributed by atoms with Crippen molar-refractivity contribution in [1.29, 1.82) is 0 Å². The normalized spacial score (nSPS) is 11.2. The molecule has 10 nitrogen and oxygen atoms in total. The van der Waals surface area contributed by atoms with Gasteiger partial charge in [-0.1, -0.05) is 294 Å². The number of ketones is 3. The van der Waals surface area contributed by atoms with Gasteiger partial charge in [-0.15, -0.1) is 66.0 Å². The summed E-state index contributed by atoms with van der Waals surface area (Å²) in [6.45, 7) is 7.05. The predicted octanol–water partition coefficient (Wildman–Crippen LogP) is 27.8. The number of halogens is 3. The van der Waals surface area contributed by atoms with Gasteiger partial charge in [0.2, 0.25) is 0 Å². The molecule has 0 aliphatic rings. The van der Waals surface area contributed by atoms with E-state index in [2.05, 4.69) is 100 Å². The van der Waals surface area contributed by atoms with Crippen LogP contribution in [0.3, 0.4) is 0 Å². The Labute approximate surface area is 807 Å². The van der Waals surface area contributed by atoms with Crippen molar-refractivity contribution in [2.45, 2.75) is 111 Å². The standard InChI is InChI=1S/C35H33O2.C17H16O.C16H9ClN2S.C12H9O3P.C10H4BrClN2S.C6H5.3C4H9.2Pd.Sn/c36-34(23-21-28-13-5-1-6-14-28)32(25-30-17-9-3-10-18-30)27-33(26-31-19-11-4-12-20-31)35(37)24-22-29-15-7-2-8-16-29;18-17(13-11-15-7-3-1-4-8-15)14-12-16-9-5-2-6-10-16;17-15-14-13(11-8-4-5-9-12(11)20-14)18-16(19-15)10-6-2-1-3-7-10;1-4-10(13-7-1)16(11-5-2-8-14-11)12-6-3-9-15-12;11-10-13-7-5-3-1-2-4-6(5)15-8(7)9(12)14-10;1-2-4-6-5-3-1;3*1-3-4-2;;;/h1-20,23-24,27,32-33H,21-22,25-26H2;1-10,13-14H,11-12H2;1-9H;1-9H;1-4H;1-5H;3*1,3-4H2,2H3;;;/q-3;-2;;;;;;;;;+2;. The number of hydrogen-bond acceptors (Lipinski definition) is 12. The molecular formula is C108H103BrCl2N4O6PPd2S2Sn-3. The molecule has 17 rings (SSSR count). The number of Topliss-reactive ketones (excluding diaryl/α,β-unsaturated/α-hetero) is 3. The van der Waals surface area contributed by atoms with E-state index in [0.717, 1.165) is 75.5 Å². The molecule has 7 aromatic heterocycles. The van der Waals surface area contributed by atoms with Crippen LogP contribution in [0.2, 0.25) is 23.6 Å². The average Bonchev–Trinajstić information content (AvgIpc) is 1.62. The van der Waals surface area contributed by atoms with Crippen LogP contribution in [-0.2, 0) is 93.8 Å². The van der Waals surface area contributed by atoms with Gasteiger partial charge in [0, 0.05) is 46.2 Å². The van der Waals surface area contributed by atoms with Gasteiger partial charge in [-0.3, -0.25) is 0 Å². The first-order chi connectivity index (χ1) is 61.3. The summed E-state index contributed by atoms with van der Waals surface area (Å²) in [5.74, 6) is 0.125. The first-order valence-electron chi connectivity index (χ1n) is 42.7. The summed E-state index contributed by atoms with van der Waals surface area (Å²) in [6, 6.07) is 109. The fourth-order valence-electron chi connectivity index (χ4n) is 14.7. The van der Waals surface area contributed by atoms with E-state index in [4.69, 9.17) is 41.4 Å². The molecular weight excluding hydrogens is 2030 g/mol. The van der Waals surface area contributed by atoms with Crippen LogP contribution in [0.15, 0.2) is 364 Å². The topological polar surface area (TPSA) is 142 Å². The zero-order valence-electron chi connectivity index (χ0n) is 71.3. The van der Waals surface area contributed by atoms with Crippen LogP contribution in [0, 0.1) is 43.9 Å². The molecule has 0 N–H and O–H groups in total. The Morgan fingerprint density at radius 3 is 1.08 bits per heavy atom. The van der Waals surface area contributed by atoms with Gasteiger partial charge in [-0.2, -0.15) is 0 Å². The molecule has 0 fully saturated rings. The number of aromatic nitrogens is 4. The molecule has 0 radical (unpaired) electrons. The van der Waals surface area contributed by atoms with Crippen molar-refractivity contribution in [2.75, 3.05) is 0 Å². The van der Waals surface area contributed by atoms with E-state index in [1.54, 1.807) is 84.0 Å². The SMILES string of the molecule is CCC[CH2][Sn]([CH2]CCC)([CH2]CCC)[c]1ccccc1.Clc1nc(-c2ccccc2)nc2c1sc1ccccc12.Clc1nc(Br)nc2c1sc1ccccc12.O=C([CH-]Cc1ccccc1)C([CH-]C(Cc1ccccc1)C(=O)[CH-]Cc1ccccc1)Cc1ccccc1.O=C([CH-]Cc1ccccc1)[CH-]Cc1ccccc1.[Pd+2].[Pd].c1coc(P(c2ccco2)c2ccco2)c1. The third-order valence-corrected chi connectivity index (χ3v) is 42.5. The van der Waals surface area contributed by atoms with Crippen LogP contribution in [0.25, 0.3) is 52.0 Å². The van der Waals surface area contributed by atoms with Gasteiger partial charge < -0.3 is 59.7 Å². The third-order valence-electron chi connectivity index (χ3n) is 21.3. The molecule has 7 heterocycles. The summed E-state index contributed by atoms with van der Waals surface area (Å²) in [4.78, 5) is 56.3. The molecule has 0 saturated heterocycles. The van der Waals surface area contributed by atoms with Crippen molar-refractivity contribution in [1.82, 2.24) is 19.9 Å². The van der Waals surface area contributed by atoms with Crippen molar-refractivity contribution in [3.8, 4) is 11.4 Å². The third kappa shape index (κ3) is 31.0. The number of benzene rings is 10. The van der Waals surface area contributed by atoms with Gasteiger partial charge >= 0.3 is 145 Å². The Kier molecular flexibility index (Phi) is 42.7. The van der Waals surface area contributed by atoms with Gasteiger partial charge in [0.25, 0.3) is 0 Å². The minimum absolute atomic E-state index is 0. The molecule has 19 heteroatoms. The summed E-state index contributed by atoms with van der Waals surface area (Å²) < 4.78 is 27.7. The number of nitrogens with zero attached hydrogens (tertiary/aromatic N) is 4. The maximum absolute atomic E-state index is 13.5. The van der Waals surface area contributed by atoms with E-state index in [9.17, 15) is 14.4 Å². The van der Waals surface area contributed by atoms with E-state index in [1.807, 2.05) is 285 Å². The van der Waals surface area contributed by atoms with Crippen molar-refractivity contribution in [3.63, 3.8) is 0 Å². The summed E-state index contributed by atoms with van der Waals surface area (Å²) in [6.07, 6.45) is 26.2. The zero-order chi connectivity index (χ0) is 87.1. The molecule has 0 aliphatic heterocycles. The van der Waals surface area contributed by atoms with E-state index in [1.165, 1.54) is 59.1 Å². The molecule has 0 spiro atoms. The second-order valence-electron chi connectivity index (χ2n) is 30.3. The molecule has 2 unspecified atom stereocenters. The predicted molar refractivity (Wildman–Crippen MR) is 530 cm³/mol. The maximum Gasteiger partial charge on any atom is 2.00 e. The summed E-state index contributed by atoms with van der Waals surface area (Å²) in [5, 5.41) is 3.29. The quantitative estimate of drug-likeness (QED) is 0.0126. The number of unbranched alkanes of at least 4 members (excludes halogenated alkanes) is 3. The number of fused-ring (bicyclic) bond motifs is 6. The number of rotatable bonds is 34. The van der Waals surface area contributed by atoms with E-state index >= 15 is 0 Å². The Morgan fingerprint density at radius 2 is 0.717 bits per heavy atom. The van der Waals surface area contributed by atoms with Gasteiger partial charge in [-0.05, 0) is 100.0 Å². The minimum atomic E-state index is -2.10. The monoisotopic (exact) mass is 2130 g/mol. The maximum atomic E-state index is 13.5. The van der Waals surface area contributed by atoms with Crippen molar-refractivity contribution < 1.29 is 68.5 Å². The fraction of sp³-hybridized carbons (Fsp3) is 0.185. The van der Waals surface area contributed by atoms with Crippen LogP contribution in [-0.4, -0.2) is 55.7 Å². The van der Waals surface area contributed by atoms with Gasteiger partial charge in [0.1, 0.15) is 24.4 Å². The molecule has 10 aromatic carbocycles. The van der Waals surface area contributed by atoms with E-state index in [-0.39, 0.29) is 70.0 Å². The Bertz CT molecular complexity index is 5750. The number of carbonyl (C=O) groups is 3. The largest absolute Gasteiger partial charge is 2.00 e. The van der Waals surface area contributed by atoms with Gasteiger partial charge in [0.05, 0.1) is 39.2 Å². The number of thiophene rings is 2. The smallest absolute Gasteiger partial charge is 0.464 e. The molecule has 0 aliphatic carbocycles. The van der Waals surface area contributed by atoms with E-state index in [0.29, 0.717) is 59.4 Å². The fourth-order valence-corrected chi connectivity index (χ4v) is 35.7. The van der Waals surface area contributed by atoms with Gasteiger partial charge in [-0.25, -0.2) is 19.9 Å². The Balaban J connectivity index is 0.000000164. The van der Waals surface area contributed by atoms with Gasteiger partial charge in [0.15, 0.2) is 20.9 Å². The zero-order valence-corrected chi connectivity index (χ0v) is 82.9. The molecule has 17 aromatic rings. The molecule has 656 valence electrons. The van der Waals surface area contributed by atoms with Crippen molar-refractivity contribution >= 4 is 166 Å². The molecule has 0 saturated carbocycles. The Hall–Kier alpha value is -9.26. The van der Waals surface area contributed by atoms with Crippen LogP contribution in [0.1, 0.15) is 92.7 Å². The average molecular weight is 2130 g/mol. The number of carbonyl (C=O) groups excluding carboxylic acids is 3. The molecule has 0 bridgehead atoms. The van der Waals surface area contributed by atoms with Crippen LogP contribution in [0.5, 0.6) is 0 Å². The summed E-state index contributed by atoms with van der Waals surface area (Å²) >= 11 is 16.8. The number of hydrogen-bond donors (Lipinski definition) is 0. The molecule has 2 atom stereocenters. The molecule has 0 amide bonds. The van der Waals surface area contributed by atoms with Crippen molar-refractivity contribution in [2.24, 2.45) is 11.8 Å². The Morgan fingerprint density at radius 1 is 0.394 bits per heavy atom. The number of furan rings is 3.